The van der Waals surface area contributed by atoms with Crippen LogP contribution in [0.25, 0.3) is 21.3 Å². The second kappa shape index (κ2) is 9.49. The van der Waals surface area contributed by atoms with Crippen LogP contribution in [0.1, 0.15) is 29.6 Å². The Hall–Kier alpha value is -2.97. The van der Waals surface area contributed by atoms with Crippen molar-refractivity contribution in [3.63, 3.8) is 0 Å². The molecule has 4 rings (SSSR count). The highest BCUT2D eigenvalue weighted by molar-refractivity contribution is 7.22. The Bertz CT molecular complexity index is 987. The van der Waals surface area contributed by atoms with E-state index in [-0.39, 0.29) is 18.4 Å². The van der Waals surface area contributed by atoms with Crippen molar-refractivity contribution in [3.8, 4) is 11.1 Å². The second-order valence-corrected chi connectivity index (χ2v) is 7.86. The minimum Gasteiger partial charge on any atom is -0.483 e. The van der Waals surface area contributed by atoms with Gasteiger partial charge in [-0.2, -0.15) is 0 Å². The lowest BCUT2D eigenvalue weighted by atomic mass is 9.99. The predicted octanol–water partition coefficient (Wildman–Crippen LogP) is 3.20. The number of thiazole rings is 1. The first-order chi connectivity index (χ1) is 14.1. The van der Waals surface area contributed by atoms with E-state index in [1.165, 1.54) is 11.3 Å². The Morgan fingerprint density at radius 1 is 1.21 bits per heavy atom. The lowest BCUT2D eigenvalue weighted by molar-refractivity contribution is -0.122. The highest BCUT2D eigenvalue weighted by Crippen LogP contribution is 2.29. The Balaban J connectivity index is 0.000000755. The maximum atomic E-state index is 12.8. The summed E-state index contributed by atoms with van der Waals surface area (Å²) in [6.45, 7) is 1.07. The number of piperidine rings is 1. The summed E-state index contributed by atoms with van der Waals surface area (Å²) in [7, 11) is 0. The molecule has 2 aromatic carbocycles. The van der Waals surface area contributed by atoms with Gasteiger partial charge in [0.1, 0.15) is 0 Å². The summed E-state index contributed by atoms with van der Waals surface area (Å²) in [5.74, 6) is 0.0782. The summed E-state index contributed by atoms with van der Waals surface area (Å²) in [4.78, 5) is 27.5. The first-order valence-corrected chi connectivity index (χ1v) is 10.2. The van der Waals surface area contributed by atoms with E-state index in [0.29, 0.717) is 17.2 Å². The lowest BCUT2D eigenvalue weighted by Crippen LogP contribution is -2.47. The number of carbonyl (C=O) groups excluding carboxylic acids is 1. The quantitative estimate of drug-likeness (QED) is 0.568. The largest absolute Gasteiger partial charge is 0.483 e. The summed E-state index contributed by atoms with van der Waals surface area (Å²) in [6, 6.07) is 14.1. The van der Waals surface area contributed by atoms with E-state index in [1.54, 1.807) is 0 Å². The summed E-state index contributed by atoms with van der Waals surface area (Å²) in [6.07, 6.45) is 3.20. The Labute approximate surface area is 173 Å². The summed E-state index contributed by atoms with van der Waals surface area (Å²) >= 11 is 1.49. The number of likely N-dealkylation sites (tertiary alicyclic amines) is 1. The van der Waals surface area contributed by atoms with E-state index in [0.717, 1.165) is 47.2 Å². The van der Waals surface area contributed by atoms with E-state index in [9.17, 15) is 4.79 Å². The van der Waals surface area contributed by atoms with E-state index >= 15 is 0 Å². The number of aromatic nitrogens is 1. The molecule has 0 saturated carbocycles. The SMILES string of the molecule is NCC1CCCCN1C(=O)c1ccc(-c2ccc3sc(N)nc3c2)cc1.O=CO. The topological polar surface area (TPSA) is 123 Å². The Morgan fingerprint density at radius 2 is 1.90 bits per heavy atom. The molecule has 2 heterocycles. The molecule has 1 unspecified atom stereocenters. The maximum Gasteiger partial charge on any atom is 0.290 e. The molecule has 0 radical (unpaired) electrons. The molecule has 1 aliphatic heterocycles. The van der Waals surface area contributed by atoms with Crippen molar-refractivity contribution in [3.05, 3.63) is 48.0 Å². The van der Waals surface area contributed by atoms with Crippen molar-refractivity contribution in [2.24, 2.45) is 5.73 Å². The van der Waals surface area contributed by atoms with Crippen LogP contribution < -0.4 is 11.5 Å². The van der Waals surface area contributed by atoms with Crippen LogP contribution in [0.2, 0.25) is 0 Å². The van der Waals surface area contributed by atoms with Gasteiger partial charge in [0.25, 0.3) is 12.4 Å². The summed E-state index contributed by atoms with van der Waals surface area (Å²) < 4.78 is 1.08. The predicted molar refractivity (Wildman–Crippen MR) is 116 cm³/mol. The number of carboxylic acid groups (broad SMARTS) is 1. The van der Waals surface area contributed by atoms with Gasteiger partial charge in [-0.05, 0) is 54.7 Å². The van der Waals surface area contributed by atoms with Crippen LogP contribution in [0.3, 0.4) is 0 Å². The molecule has 1 saturated heterocycles. The monoisotopic (exact) mass is 412 g/mol. The average Bonchev–Trinajstić information content (AvgIpc) is 3.13. The fraction of sp³-hybridized carbons (Fsp3) is 0.286. The number of benzene rings is 2. The van der Waals surface area contributed by atoms with Crippen LogP contribution in [0, 0.1) is 0 Å². The third kappa shape index (κ3) is 4.72. The molecule has 0 spiro atoms. The van der Waals surface area contributed by atoms with Crippen LogP contribution in [0.4, 0.5) is 5.13 Å². The normalized spacial score (nSPS) is 16.2. The van der Waals surface area contributed by atoms with Crippen molar-refractivity contribution >= 4 is 39.1 Å². The van der Waals surface area contributed by atoms with Gasteiger partial charge in [0.2, 0.25) is 0 Å². The minimum absolute atomic E-state index is 0.0782. The number of anilines is 1. The third-order valence-electron chi connectivity index (χ3n) is 5.03. The summed E-state index contributed by atoms with van der Waals surface area (Å²) in [5.41, 5.74) is 15.4. The molecule has 1 aliphatic rings. The molecule has 1 atom stereocenters. The lowest BCUT2D eigenvalue weighted by Gasteiger charge is -2.35. The van der Waals surface area contributed by atoms with Gasteiger partial charge in [0.15, 0.2) is 5.13 Å². The van der Waals surface area contributed by atoms with Crippen LogP contribution in [-0.4, -0.2) is 46.5 Å². The van der Waals surface area contributed by atoms with Gasteiger partial charge >= 0.3 is 0 Å². The summed E-state index contributed by atoms with van der Waals surface area (Å²) in [5, 5.41) is 7.47. The highest BCUT2D eigenvalue weighted by atomic mass is 32.1. The second-order valence-electron chi connectivity index (χ2n) is 6.80. The number of nitrogens with zero attached hydrogens (tertiary/aromatic N) is 2. The molecule has 29 heavy (non-hydrogen) atoms. The third-order valence-corrected chi connectivity index (χ3v) is 5.89. The molecule has 1 aromatic heterocycles. The molecule has 0 bridgehead atoms. The number of nitrogens with two attached hydrogens (primary N) is 2. The van der Waals surface area contributed by atoms with Crippen molar-refractivity contribution in [1.82, 2.24) is 9.88 Å². The van der Waals surface area contributed by atoms with Crippen LogP contribution in [0.5, 0.6) is 0 Å². The molecule has 0 aliphatic carbocycles. The average molecular weight is 413 g/mol. The van der Waals surface area contributed by atoms with Gasteiger partial charge < -0.3 is 21.5 Å². The van der Waals surface area contributed by atoms with E-state index in [4.69, 9.17) is 21.4 Å². The number of fused-ring (bicyclic) bond motifs is 1. The van der Waals surface area contributed by atoms with Crippen molar-refractivity contribution < 1.29 is 14.7 Å². The van der Waals surface area contributed by atoms with Gasteiger partial charge in [-0.25, -0.2) is 4.98 Å². The van der Waals surface area contributed by atoms with Gasteiger partial charge in [-0.1, -0.05) is 29.5 Å². The van der Waals surface area contributed by atoms with Gasteiger partial charge in [-0.3, -0.25) is 9.59 Å². The molecule has 7 nitrogen and oxygen atoms in total. The smallest absolute Gasteiger partial charge is 0.290 e. The van der Waals surface area contributed by atoms with Gasteiger partial charge in [-0.15, -0.1) is 0 Å². The number of hydrogen-bond donors (Lipinski definition) is 3. The molecule has 152 valence electrons. The fourth-order valence-electron chi connectivity index (χ4n) is 3.61. The van der Waals surface area contributed by atoms with E-state index < -0.39 is 0 Å². The number of carbonyl (C=O) groups is 2. The van der Waals surface area contributed by atoms with Crippen molar-refractivity contribution in [1.29, 1.82) is 0 Å². The zero-order valence-corrected chi connectivity index (χ0v) is 16.8. The molecule has 1 amide bonds. The maximum absolute atomic E-state index is 12.8. The molecule has 3 aromatic rings. The Kier molecular flexibility index (Phi) is 6.79. The van der Waals surface area contributed by atoms with Crippen molar-refractivity contribution in [2.45, 2.75) is 25.3 Å². The zero-order valence-electron chi connectivity index (χ0n) is 16.0. The first-order valence-electron chi connectivity index (χ1n) is 9.42. The minimum atomic E-state index is -0.250. The van der Waals surface area contributed by atoms with E-state index in [2.05, 4.69) is 11.1 Å². The molecular weight excluding hydrogens is 388 g/mol. The van der Waals surface area contributed by atoms with Crippen LogP contribution >= 0.6 is 11.3 Å². The standard InChI is InChI=1S/C20H22N4OS.CH2O2/c21-12-16-3-1-2-10-24(16)19(25)14-6-4-13(5-7-14)15-8-9-18-17(11-15)23-20(22)26-18;2-1-3/h4-9,11,16H,1-3,10,12,21H2,(H2,22,23);1H,(H,2,3). The van der Waals surface area contributed by atoms with Gasteiger partial charge in [0, 0.05) is 24.7 Å². The fourth-order valence-corrected chi connectivity index (χ4v) is 4.32. The number of hydrogen-bond acceptors (Lipinski definition) is 6. The molecule has 1 fully saturated rings. The molecular formula is C21H24N4O3S. The van der Waals surface area contributed by atoms with Gasteiger partial charge in [0.05, 0.1) is 10.2 Å². The number of amides is 1. The van der Waals surface area contributed by atoms with Crippen molar-refractivity contribution in [2.75, 3.05) is 18.8 Å². The molecule has 5 N–H and O–H groups in total. The highest BCUT2D eigenvalue weighted by Gasteiger charge is 2.26. The van der Waals surface area contributed by atoms with Crippen LogP contribution in [-0.2, 0) is 4.79 Å². The zero-order chi connectivity index (χ0) is 20.8. The number of rotatable bonds is 3. The van der Waals surface area contributed by atoms with Crippen LogP contribution in [0.15, 0.2) is 42.5 Å². The molecule has 8 heteroatoms. The Morgan fingerprint density at radius 3 is 2.59 bits per heavy atom. The van der Waals surface area contributed by atoms with E-state index in [1.807, 2.05) is 41.3 Å². The number of nitrogen functional groups attached to an aromatic ring is 1. The first kappa shape index (κ1) is 20.8.